The number of amides is 1. The van der Waals surface area contributed by atoms with Gasteiger partial charge in [0.15, 0.2) is 5.78 Å². The second kappa shape index (κ2) is 8.71. The van der Waals surface area contributed by atoms with E-state index in [1.807, 2.05) is 55.6 Å². The number of rotatable bonds is 6. The van der Waals surface area contributed by atoms with Gasteiger partial charge in [0.1, 0.15) is 0 Å². The van der Waals surface area contributed by atoms with E-state index in [0.717, 1.165) is 23.4 Å². The first-order valence-electron chi connectivity index (χ1n) is 10.7. The van der Waals surface area contributed by atoms with Crippen LogP contribution in [-0.2, 0) is 11.2 Å². The van der Waals surface area contributed by atoms with Crippen LogP contribution < -0.4 is 16.5 Å². The summed E-state index contributed by atoms with van der Waals surface area (Å²) < 4.78 is 1.60. The highest BCUT2D eigenvalue weighted by molar-refractivity contribution is 6.08. The van der Waals surface area contributed by atoms with Gasteiger partial charge in [-0.25, -0.2) is 0 Å². The summed E-state index contributed by atoms with van der Waals surface area (Å²) in [5.41, 5.74) is 4.59. The van der Waals surface area contributed by atoms with E-state index in [1.165, 1.54) is 0 Å². The molecule has 1 aliphatic carbocycles. The van der Waals surface area contributed by atoms with Gasteiger partial charge in [-0.05, 0) is 30.8 Å². The average molecular weight is 420 g/mol. The Morgan fingerprint density at radius 2 is 2.06 bits per heavy atom. The number of nitrogen functional groups attached to an aromatic ring is 1. The molecule has 2 heterocycles. The van der Waals surface area contributed by atoms with E-state index in [0.29, 0.717) is 36.5 Å². The van der Waals surface area contributed by atoms with E-state index < -0.39 is 0 Å². The van der Waals surface area contributed by atoms with Crippen molar-refractivity contribution in [3.05, 3.63) is 65.6 Å². The van der Waals surface area contributed by atoms with E-state index in [9.17, 15) is 9.59 Å². The number of carbonyl (C=O) groups is 2. The fraction of sp³-hybridized carbons (Fsp3) is 0.333. The zero-order valence-corrected chi connectivity index (χ0v) is 18.0. The normalized spacial score (nSPS) is 17.5. The SMILES string of the molecule is CCCN(C)C(=O)C1CC(=O)c2c(Nc3ccccc3)c(C3=CCNC=C3)n(N)c2C1. The van der Waals surface area contributed by atoms with Gasteiger partial charge in [0.2, 0.25) is 5.91 Å². The minimum absolute atomic E-state index is 0.00199. The molecule has 1 amide bonds. The third-order valence-electron chi connectivity index (χ3n) is 5.88. The van der Waals surface area contributed by atoms with Crippen molar-refractivity contribution >= 4 is 28.6 Å². The summed E-state index contributed by atoms with van der Waals surface area (Å²) in [5, 5.41) is 6.57. The van der Waals surface area contributed by atoms with Crippen molar-refractivity contribution in [2.45, 2.75) is 26.2 Å². The number of nitrogens with one attached hydrogen (secondary N) is 2. The molecule has 7 nitrogen and oxygen atoms in total. The van der Waals surface area contributed by atoms with E-state index in [2.05, 4.69) is 10.6 Å². The molecule has 0 spiro atoms. The van der Waals surface area contributed by atoms with Crippen LogP contribution in [0.25, 0.3) is 5.57 Å². The predicted octanol–water partition coefficient (Wildman–Crippen LogP) is 3.06. The largest absolute Gasteiger partial charge is 0.387 e. The van der Waals surface area contributed by atoms with Gasteiger partial charge in [-0.1, -0.05) is 31.2 Å². The molecule has 1 unspecified atom stereocenters. The molecule has 1 aromatic carbocycles. The molecule has 162 valence electrons. The molecule has 1 aromatic heterocycles. The lowest BCUT2D eigenvalue weighted by Gasteiger charge is -2.26. The summed E-state index contributed by atoms with van der Waals surface area (Å²) >= 11 is 0. The number of carbonyl (C=O) groups excluding carboxylic acids is 2. The second-order valence-corrected chi connectivity index (χ2v) is 8.10. The van der Waals surface area contributed by atoms with E-state index in [-0.39, 0.29) is 24.0 Å². The van der Waals surface area contributed by atoms with Gasteiger partial charge in [0, 0.05) is 44.2 Å². The van der Waals surface area contributed by atoms with Crippen LogP contribution in [0.1, 0.15) is 41.5 Å². The number of hydrogen-bond donors (Lipinski definition) is 3. The van der Waals surface area contributed by atoms with E-state index in [4.69, 9.17) is 5.84 Å². The van der Waals surface area contributed by atoms with Crippen molar-refractivity contribution < 1.29 is 9.59 Å². The standard InChI is InChI=1S/C24H29N5O2/c1-3-13-28(2)24(31)17-14-19-21(20(30)15-17)22(27-18-7-5-4-6-8-18)23(29(19)25)16-9-11-26-12-10-16/h4-11,17,26-27H,3,12-15,25H2,1-2H3. The fourth-order valence-electron chi connectivity index (χ4n) is 4.40. The summed E-state index contributed by atoms with van der Waals surface area (Å²) in [4.78, 5) is 27.9. The third kappa shape index (κ3) is 3.95. The molecule has 2 aliphatic rings. The molecular formula is C24H29N5O2. The minimum Gasteiger partial charge on any atom is -0.387 e. The summed E-state index contributed by atoms with van der Waals surface area (Å²) in [6.07, 6.45) is 7.40. The number of benzene rings is 1. The zero-order chi connectivity index (χ0) is 22.0. The van der Waals surface area contributed by atoms with Crippen LogP contribution in [0, 0.1) is 5.92 Å². The number of Topliss-reactive ketones (excluding diaryl/α,β-unsaturated/α-hetero) is 1. The number of dihydropyridines is 1. The number of nitrogens with zero attached hydrogens (tertiary/aromatic N) is 2. The fourth-order valence-corrected chi connectivity index (χ4v) is 4.40. The number of ketones is 1. The van der Waals surface area contributed by atoms with E-state index >= 15 is 0 Å². The third-order valence-corrected chi connectivity index (χ3v) is 5.88. The Morgan fingerprint density at radius 1 is 1.29 bits per heavy atom. The van der Waals surface area contributed by atoms with Gasteiger partial charge < -0.3 is 21.4 Å². The van der Waals surface area contributed by atoms with Crippen molar-refractivity contribution in [2.75, 3.05) is 31.3 Å². The number of aromatic nitrogens is 1. The number of para-hydroxylation sites is 1. The first-order valence-corrected chi connectivity index (χ1v) is 10.7. The smallest absolute Gasteiger partial charge is 0.226 e. The maximum atomic E-state index is 13.3. The van der Waals surface area contributed by atoms with Gasteiger partial charge in [0.05, 0.1) is 28.6 Å². The monoisotopic (exact) mass is 419 g/mol. The minimum atomic E-state index is -0.385. The summed E-state index contributed by atoms with van der Waals surface area (Å²) in [6, 6.07) is 9.74. The maximum absolute atomic E-state index is 13.3. The summed E-state index contributed by atoms with van der Waals surface area (Å²) in [6.45, 7) is 3.40. The molecule has 1 aliphatic heterocycles. The van der Waals surface area contributed by atoms with Crippen LogP contribution in [0.2, 0.25) is 0 Å². The topological polar surface area (TPSA) is 92.4 Å². The number of nitrogens with two attached hydrogens (primary N) is 1. The Labute approximate surface area is 182 Å². The van der Waals surface area contributed by atoms with Crippen LogP contribution in [0.5, 0.6) is 0 Å². The number of allylic oxidation sites excluding steroid dienone is 2. The molecule has 7 heteroatoms. The first-order chi connectivity index (χ1) is 15.0. The molecule has 0 fully saturated rings. The van der Waals surface area contributed by atoms with Gasteiger partial charge >= 0.3 is 0 Å². The Hall–Kier alpha value is -3.48. The second-order valence-electron chi connectivity index (χ2n) is 8.10. The molecule has 0 radical (unpaired) electrons. The number of fused-ring (bicyclic) bond motifs is 1. The Balaban J connectivity index is 1.78. The van der Waals surface area contributed by atoms with Crippen molar-refractivity contribution in [1.82, 2.24) is 14.9 Å². The molecule has 0 saturated carbocycles. The molecule has 4 N–H and O–H groups in total. The molecule has 4 rings (SSSR count). The highest BCUT2D eigenvalue weighted by Gasteiger charge is 2.38. The maximum Gasteiger partial charge on any atom is 0.226 e. The molecule has 0 saturated heterocycles. The lowest BCUT2D eigenvalue weighted by Crippen LogP contribution is -2.38. The van der Waals surface area contributed by atoms with Crippen LogP contribution in [0.3, 0.4) is 0 Å². The van der Waals surface area contributed by atoms with Crippen LogP contribution in [0.15, 0.2) is 48.7 Å². The quantitative estimate of drug-likeness (QED) is 0.626. The van der Waals surface area contributed by atoms with Crippen molar-refractivity contribution in [3.63, 3.8) is 0 Å². The van der Waals surface area contributed by atoms with Crippen LogP contribution in [-0.4, -0.2) is 41.4 Å². The summed E-state index contributed by atoms with van der Waals surface area (Å²) in [5.74, 6) is 6.14. The molecular weight excluding hydrogens is 390 g/mol. The van der Waals surface area contributed by atoms with Crippen LogP contribution in [0.4, 0.5) is 11.4 Å². The Bertz CT molecular complexity index is 1050. The van der Waals surface area contributed by atoms with Crippen molar-refractivity contribution in [3.8, 4) is 0 Å². The zero-order valence-electron chi connectivity index (χ0n) is 18.0. The lowest BCUT2D eigenvalue weighted by atomic mass is 9.85. The predicted molar refractivity (Wildman–Crippen MR) is 123 cm³/mol. The molecule has 2 aromatic rings. The Morgan fingerprint density at radius 3 is 2.74 bits per heavy atom. The van der Waals surface area contributed by atoms with Gasteiger partial charge in [0.25, 0.3) is 0 Å². The van der Waals surface area contributed by atoms with Gasteiger partial charge in [-0.15, -0.1) is 0 Å². The van der Waals surface area contributed by atoms with Gasteiger partial charge in [-0.3, -0.25) is 14.3 Å². The number of hydrogen-bond acceptors (Lipinski definition) is 5. The first kappa shape index (κ1) is 20.8. The highest BCUT2D eigenvalue weighted by atomic mass is 16.2. The molecule has 1 atom stereocenters. The Kier molecular flexibility index (Phi) is 5.84. The van der Waals surface area contributed by atoms with Crippen molar-refractivity contribution in [2.24, 2.45) is 5.92 Å². The number of anilines is 2. The molecule has 0 bridgehead atoms. The van der Waals surface area contributed by atoms with Crippen molar-refractivity contribution in [1.29, 1.82) is 0 Å². The summed E-state index contributed by atoms with van der Waals surface area (Å²) in [7, 11) is 1.80. The average Bonchev–Trinajstić information content (AvgIpc) is 3.06. The van der Waals surface area contributed by atoms with E-state index in [1.54, 1.807) is 16.6 Å². The van der Waals surface area contributed by atoms with Gasteiger partial charge in [-0.2, -0.15) is 0 Å². The lowest BCUT2D eigenvalue weighted by molar-refractivity contribution is -0.134. The molecule has 31 heavy (non-hydrogen) atoms. The van der Waals surface area contributed by atoms with Crippen LogP contribution >= 0.6 is 0 Å². The highest BCUT2D eigenvalue weighted by Crippen LogP contribution is 2.40.